The number of para-hydroxylation sites is 2. The summed E-state index contributed by atoms with van der Waals surface area (Å²) < 4.78 is 34.8. The highest BCUT2D eigenvalue weighted by Crippen LogP contribution is 2.40. The topological polar surface area (TPSA) is 59.5 Å². The normalized spacial score (nSPS) is 19.1. The Bertz CT molecular complexity index is 1180. The number of sulfonamides is 1. The number of pyridine rings is 1. The molecule has 3 heterocycles. The van der Waals surface area contributed by atoms with Gasteiger partial charge in [0, 0.05) is 37.0 Å². The van der Waals surface area contributed by atoms with Gasteiger partial charge in [-0.3, -0.25) is 4.98 Å². The highest BCUT2D eigenvalue weighted by atomic mass is 32.2. The van der Waals surface area contributed by atoms with Gasteiger partial charge < -0.3 is 4.74 Å². The summed E-state index contributed by atoms with van der Waals surface area (Å²) in [6.07, 6.45) is 3.33. The fraction of sp³-hybridized carbons (Fsp3) is 0.348. The molecule has 2 aliphatic rings. The molecule has 2 aliphatic heterocycles. The third-order valence-corrected chi connectivity index (χ3v) is 8.15. The standard InChI is InChI=1S/C23H24N2O3S/c1-17-9-10-19-6-4-8-21(22(19)24-17)29(26,27)25-15-13-23(14-16-25)12-11-18-5-2-3-7-20(18)28-23/h2-10H,11-16H2,1H3. The number of ether oxygens (including phenoxy) is 1. The summed E-state index contributed by atoms with van der Waals surface area (Å²) in [5, 5.41) is 0.845. The molecule has 0 saturated carbocycles. The van der Waals surface area contributed by atoms with E-state index in [2.05, 4.69) is 11.1 Å². The first kappa shape index (κ1) is 18.6. The molecule has 0 amide bonds. The largest absolute Gasteiger partial charge is 0.487 e. The molecule has 1 aromatic heterocycles. The minimum absolute atomic E-state index is 0.256. The van der Waals surface area contributed by atoms with Gasteiger partial charge in [-0.05, 0) is 43.5 Å². The van der Waals surface area contributed by atoms with Crippen LogP contribution in [0.1, 0.15) is 30.5 Å². The van der Waals surface area contributed by atoms with E-state index in [9.17, 15) is 8.42 Å². The molecule has 3 aromatic rings. The maximum absolute atomic E-state index is 13.4. The van der Waals surface area contributed by atoms with E-state index in [1.807, 2.05) is 43.3 Å². The van der Waals surface area contributed by atoms with Crippen molar-refractivity contribution in [3.05, 3.63) is 65.9 Å². The molecule has 0 atom stereocenters. The third kappa shape index (κ3) is 3.20. The minimum Gasteiger partial charge on any atom is -0.487 e. The Kier molecular flexibility index (Phi) is 4.37. The van der Waals surface area contributed by atoms with Crippen molar-refractivity contribution in [2.75, 3.05) is 13.1 Å². The van der Waals surface area contributed by atoms with Crippen molar-refractivity contribution in [3.8, 4) is 5.75 Å². The Morgan fingerprint density at radius 3 is 2.59 bits per heavy atom. The van der Waals surface area contributed by atoms with E-state index in [4.69, 9.17) is 4.74 Å². The number of hydrogen-bond donors (Lipinski definition) is 0. The Balaban J connectivity index is 1.41. The van der Waals surface area contributed by atoms with Crippen LogP contribution in [0.5, 0.6) is 5.75 Å². The average molecular weight is 409 g/mol. The molecule has 1 saturated heterocycles. The van der Waals surface area contributed by atoms with Gasteiger partial charge in [0.05, 0.1) is 5.52 Å². The van der Waals surface area contributed by atoms with Crippen molar-refractivity contribution in [1.82, 2.24) is 9.29 Å². The summed E-state index contributed by atoms with van der Waals surface area (Å²) in [6, 6.07) is 17.3. The molecular weight excluding hydrogens is 384 g/mol. The summed E-state index contributed by atoms with van der Waals surface area (Å²) in [7, 11) is -3.61. The Morgan fingerprint density at radius 2 is 1.76 bits per heavy atom. The fourth-order valence-electron chi connectivity index (χ4n) is 4.51. The predicted octanol–water partition coefficient (Wildman–Crippen LogP) is 4.09. The second-order valence-corrected chi connectivity index (χ2v) is 9.98. The molecule has 5 nitrogen and oxygen atoms in total. The number of hydrogen-bond acceptors (Lipinski definition) is 4. The molecule has 29 heavy (non-hydrogen) atoms. The van der Waals surface area contributed by atoms with Gasteiger partial charge >= 0.3 is 0 Å². The van der Waals surface area contributed by atoms with Crippen LogP contribution < -0.4 is 4.74 Å². The lowest BCUT2D eigenvalue weighted by Gasteiger charge is -2.44. The van der Waals surface area contributed by atoms with Gasteiger partial charge in [-0.2, -0.15) is 4.31 Å². The lowest BCUT2D eigenvalue weighted by Crippen LogP contribution is -2.51. The van der Waals surface area contributed by atoms with Crippen molar-refractivity contribution in [3.63, 3.8) is 0 Å². The van der Waals surface area contributed by atoms with Gasteiger partial charge in [-0.1, -0.05) is 36.4 Å². The first-order chi connectivity index (χ1) is 14.0. The predicted molar refractivity (Wildman–Crippen MR) is 113 cm³/mol. The minimum atomic E-state index is -3.61. The van der Waals surface area contributed by atoms with E-state index in [-0.39, 0.29) is 5.60 Å². The van der Waals surface area contributed by atoms with Gasteiger partial charge in [0.2, 0.25) is 10.0 Å². The van der Waals surface area contributed by atoms with Gasteiger partial charge in [-0.15, -0.1) is 0 Å². The molecule has 5 rings (SSSR count). The van der Waals surface area contributed by atoms with Crippen LogP contribution in [-0.4, -0.2) is 36.4 Å². The van der Waals surface area contributed by atoms with Crippen LogP contribution in [0.3, 0.4) is 0 Å². The molecule has 150 valence electrons. The van der Waals surface area contributed by atoms with E-state index in [0.717, 1.165) is 29.7 Å². The van der Waals surface area contributed by atoms with Gasteiger partial charge in [0.1, 0.15) is 16.2 Å². The molecule has 1 fully saturated rings. The summed E-state index contributed by atoms with van der Waals surface area (Å²) in [6.45, 7) is 2.81. The zero-order valence-corrected chi connectivity index (χ0v) is 17.3. The summed E-state index contributed by atoms with van der Waals surface area (Å²) in [5.74, 6) is 0.948. The van der Waals surface area contributed by atoms with E-state index >= 15 is 0 Å². The highest BCUT2D eigenvalue weighted by molar-refractivity contribution is 7.89. The van der Waals surface area contributed by atoms with Crippen LogP contribution in [0.2, 0.25) is 0 Å². The fourth-order valence-corrected chi connectivity index (χ4v) is 6.11. The van der Waals surface area contributed by atoms with Crippen LogP contribution in [0, 0.1) is 6.92 Å². The first-order valence-electron chi connectivity index (χ1n) is 10.1. The molecule has 2 aromatic carbocycles. The van der Waals surface area contributed by atoms with Crippen molar-refractivity contribution >= 4 is 20.9 Å². The highest BCUT2D eigenvalue weighted by Gasteiger charge is 2.42. The molecule has 0 aliphatic carbocycles. The van der Waals surface area contributed by atoms with Crippen LogP contribution >= 0.6 is 0 Å². The SMILES string of the molecule is Cc1ccc2cccc(S(=O)(=O)N3CCC4(CCc5ccccc5O4)CC3)c2n1. The zero-order chi connectivity index (χ0) is 20.1. The second kappa shape index (κ2) is 6.82. The van der Waals surface area contributed by atoms with Crippen LogP contribution in [0.25, 0.3) is 10.9 Å². The number of fused-ring (bicyclic) bond motifs is 2. The van der Waals surface area contributed by atoms with Crippen molar-refractivity contribution in [2.45, 2.75) is 43.1 Å². The summed E-state index contributed by atoms with van der Waals surface area (Å²) in [5.41, 5.74) is 2.35. The van der Waals surface area contributed by atoms with E-state index < -0.39 is 10.0 Å². The Hall–Kier alpha value is -2.44. The number of piperidine rings is 1. The molecule has 6 heteroatoms. The molecule has 0 N–H and O–H groups in total. The quantitative estimate of drug-likeness (QED) is 0.641. The summed E-state index contributed by atoms with van der Waals surface area (Å²) >= 11 is 0. The molecule has 1 spiro atoms. The molecule has 0 unspecified atom stereocenters. The molecule has 0 radical (unpaired) electrons. The molecule has 0 bridgehead atoms. The number of benzene rings is 2. The summed E-state index contributed by atoms with van der Waals surface area (Å²) in [4.78, 5) is 4.81. The van der Waals surface area contributed by atoms with Crippen molar-refractivity contribution in [1.29, 1.82) is 0 Å². The maximum atomic E-state index is 13.4. The van der Waals surface area contributed by atoms with Crippen LogP contribution in [0.15, 0.2) is 59.5 Å². The number of aromatic nitrogens is 1. The monoisotopic (exact) mass is 408 g/mol. The maximum Gasteiger partial charge on any atom is 0.245 e. The van der Waals surface area contributed by atoms with Gasteiger partial charge in [-0.25, -0.2) is 8.42 Å². The Labute approximate surface area is 171 Å². The first-order valence-corrected chi connectivity index (χ1v) is 11.5. The smallest absolute Gasteiger partial charge is 0.245 e. The lowest BCUT2D eigenvalue weighted by atomic mass is 9.84. The van der Waals surface area contributed by atoms with Gasteiger partial charge in [0.15, 0.2) is 0 Å². The van der Waals surface area contributed by atoms with Crippen molar-refractivity contribution in [2.24, 2.45) is 0 Å². The van der Waals surface area contributed by atoms with Gasteiger partial charge in [0.25, 0.3) is 0 Å². The third-order valence-electron chi connectivity index (χ3n) is 6.22. The van der Waals surface area contributed by atoms with E-state index in [1.54, 1.807) is 16.4 Å². The molecular formula is C23H24N2O3S. The number of aryl methyl sites for hydroxylation is 2. The number of rotatable bonds is 2. The van der Waals surface area contributed by atoms with Crippen LogP contribution in [-0.2, 0) is 16.4 Å². The average Bonchev–Trinajstić information content (AvgIpc) is 2.73. The van der Waals surface area contributed by atoms with E-state index in [0.29, 0.717) is 36.3 Å². The second-order valence-electron chi connectivity index (χ2n) is 8.08. The van der Waals surface area contributed by atoms with E-state index in [1.165, 1.54) is 5.56 Å². The number of nitrogens with zero attached hydrogens (tertiary/aromatic N) is 2. The lowest BCUT2D eigenvalue weighted by molar-refractivity contribution is 0.00182. The zero-order valence-electron chi connectivity index (χ0n) is 16.5. The van der Waals surface area contributed by atoms with Crippen LogP contribution in [0.4, 0.5) is 0 Å². The Morgan fingerprint density at radius 1 is 0.966 bits per heavy atom. The van der Waals surface area contributed by atoms with Crippen molar-refractivity contribution < 1.29 is 13.2 Å².